The van der Waals surface area contributed by atoms with Crippen LogP contribution in [0.25, 0.3) is 123 Å². The van der Waals surface area contributed by atoms with Crippen LogP contribution in [0.2, 0.25) is 0 Å². The highest BCUT2D eigenvalue weighted by atomic mass is 19.4. The molecule has 0 amide bonds. The lowest BCUT2D eigenvalue weighted by Crippen LogP contribution is -2.10. The second kappa shape index (κ2) is 17.7. The molecule has 0 bridgehead atoms. The second-order valence-electron chi connectivity index (χ2n) is 18.9. The van der Waals surface area contributed by atoms with Crippen molar-refractivity contribution >= 4 is 43.6 Å². The van der Waals surface area contributed by atoms with E-state index in [0.717, 1.165) is 88.1 Å². The molecular weight excluding hydrogens is 920 g/mol. The topological polar surface area (TPSA) is 48.5 Å². The van der Waals surface area contributed by atoms with Gasteiger partial charge in [-0.1, -0.05) is 169 Å². The lowest BCUT2D eigenvalue weighted by atomic mass is 9.94. The summed E-state index contributed by atoms with van der Waals surface area (Å²) in [5.74, 6) is 1.22. The number of aromatic nitrogens is 5. The van der Waals surface area contributed by atoms with Crippen molar-refractivity contribution in [1.82, 2.24) is 24.1 Å². The zero-order chi connectivity index (χ0) is 50.1. The summed E-state index contributed by atoms with van der Waals surface area (Å²) in [5.41, 5.74) is 12.9. The van der Waals surface area contributed by atoms with Crippen LogP contribution in [-0.2, 0) is 6.18 Å². The highest BCUT2D eigenvalue weighted by molar-refractivity contribution is 6.12. The van der Waals surface area contributed by atoms with E-state index in [9.17, 15) is 0 Å². The summed E-state index contributed by atoms with van der Waals surface area (Å²) in [6.45, 7) is 4.16. The fourth-order valence-electron chi connectivity index (χ4n) is 10.7. The van der Waals surface area contributed by atoms with Gasteiger partial charge in [0.1, 0.15) is 0 Å². The number of fused-ring (bicyclic) bond motifs is 6. The minimum atomic E-state index is -4.73. The minimum absolute atomic E-state index is 0.0112. The number of alkyl halides is 3. The first-order chi connectivity index (χ1) is 36.1. The number of para-hydroxylation sites is 2. The summed E-state index contributed by atoms with van der Waals surface area (Å²) < 4.78 is 52.2. The zero-order valence-corrected chi connectivity index (χ0v) is 40.3. The Balaban J connectivity index is 1.09. The molecule has 0 aliphatic heterocycles. The van der Waals surface area contributed by atoms with Gasteiger partial charge >= 0.3 is 6.18 Å². The van der Waals surface area contributed by atoms with Crippen LogP contribution >= 0.6 is 0 Å². The van der Waals surface area contributed by atoms with Crippen LogP contribution < -0.4 is 0 Å². The lowest BCUT2D eigenvalue weighted by Gasteiger charge is -2.21. The predicted molar refractivity (Wildman–Crippen MR) is 296 cm³/mol. The SMILES string of the molecule is Cc1cccc(-c2ccc3c(c2)c2ccccc2n3-c2ccc(C(F)(F)F)c(-c3cc(-c4nc(-c5ccccc5)nc(-c5ccccc5)n4)ccc3-n3c4ccccc4c4cc(-c5cccc(C)c5)ccc43)c2)c1. The Kier molecular flexibility index (Phi) is 10.7. The van der Waals surface area contributed by atoms with Gasteiger partial charge in [0.2, 0.25) is 0 Å². The molecule has 0 atom stereocenters. The van der Waals surface area contributed by atoms with Crippen molar-refractivity contribution in [2.75, 3.05) is 0 Å². The maximum Gasteiger partial charge on any atom is 0.417 e. The van der Waals surface area contributed by atoms with Gasteiger partial charge < -0.3 is 9.13 Å². The third-order valence-corrected chi connectivity index (χ3v) is 14.1. The van der Waals surface area contributed by atoms with Crippen LogP contribution in [-0.4, -0.2) is 24.1 Å². The molecule has 0 fully saturated rings. The van der Waals surface area contributed by atoms with E-state index in [1.54, 1.807) is 12.1 Å². The average molecular weight is 964 g/mol. The molecule has 0 spiro atoms. The number of benzene rings is 10. The van der Waals surface area contributed by atoms with Crippen LogP contribution in [0.4, 0.5) is 13.2 Å². The van der Waals surface area contributed by atoms with E-state index in [-0.39, 0.29) is 5.56 Å². The van der Waals surface area contributed by atoms with E-state index < -0.39 is 11.7 Å². The molecule has 74 heavy (non-hydrogen) atoms. The molecule has 354 valence electrons. The van der Waals surface area contributed by atoms with Gasteiger partial charge in [-0.3, -0.25) is 0 Å². The molecule has 3 heterocycles. The standard InChI is InChI=1S/C66H44F3N5/c1-41-15-13-21-45(35-41)47-27-32-60-54(37-47)51-23-9-11-25-58(51)73(60)50-30-31-57(66(67,68)69)53(40-50)56-39-49(65-71-63(43-17-5-3-6-18-43)70-64(72-65)44-19-7-4-8-20-44)29-34-62(56)74-59-26-12-10-24-52(59)55-38-48(28-33-61(55)74)46-22-14-16-42(2)36-46/h3-40H,1-2H3. The number of aryl methyl sites for hydroxylation is 2. The number of halogens is 3. The Hall–Kier alpha value is -9.40. The van der Waals surface area contributed by atoms with Crippen molar-refractivity contribution < 1.29 is 13.2 Å². The Morgan fingerprint density at radius 2 is 0.770 bits per heavy atom. The number of hydrogen-bond donors (Lipinski definition) is 0. The van der Waals surface area contributed by atoms with E-state index in [4.69, 9.17) is 15.0 Å². The van der Waals surface area contributed by atoms with E-state index in [1.807, 2.05) is 115 Å². The summed E-state index contributed by atoms with van der Waals surface area (Å²) in [6, 6.07) is 75.2. The van der Waals surface area contributed by atoms with Crippen LogP contribution in [0.3, 0.4) is 0 Å². The van der Waals surface area contributed by atoms with Crippen molar-refractivity contribution in [3.05, 3.63) is 247 Å². The molecule has 0 saturated carbocycles. The molecule has 0 aliphatic carbocycles. The molecule has 0 radical (unpaired) electrons. The molecule has 10 aromatic carbocycles. The van der Waals surface area contributed by atoms with Crippen molar-refractivity contribution in [3.8, 4) is 78.9 Å². The van der Waals surface area contributed by atoms with E-state index in [2.05, 4.69) is 120 Å². The number of rotatable bonds is 8. The van der Waals surface area contributed by atoms with Gasteiger partial charge in [0.25, 0.3) is 0 Å². The maximum atomic E-state index is 16.0. The normalized spacial score (nSPS) is 11.9. The fourth-order valence-corrected chi connectivity index (χ4v) is 10.7. The first-order valence-corrected chi connectivity index (χ1v) is 24.6. The van der Waals surface area contributed by atoms with Crippen LogP contribution in [0, 0.1) is 13.8 Å². The summed E-state index contributed by atoms with van der Waals surface area (Å²) >= 11 is 0. The summed E-state index contributed by atoms with van der Waals surface area (Å²) in [5, 5.41) is 3.95. The zero-order valence-electron chi connectivity index (χ0n) is 40.3. The van der Waals surface area contributed by atoms with Gasteiger partial charge in [0, 0.05) is 49.5 Å². The molecular formula is C66H44F3N5. The van der Waals surface area contributed by atoms with Crippen molar-refractivity contribution in [2.24, 2.45) is 0 Å². The highest BCUT2D eigenvalue weighted by Crippen LogP contribution is 2.46. The monoisotopic (exact) mass is 963 g/mol. The Labute approximate surface area is 425 Å². The maximum absolute atomic E-state index is 16.0. The summed E-state index contributed by atoms with van der Waals surface area (Å²) in [7, 11) is 0. The summed E-state index contributed by atoms with van der Waals surface area (Å²) in [4.78, 5) is 15.0. The Bertz CT molecular complexity index is 4270. The Morgan fingerprint density at radius 1 is 0.324 bits per heavy atom. The highest BCUT2D eigenvalue weighted by Gasteiger charge is 2.35. The molecule has 0 unspecified atom stereocenters. The molecule has 0 aliphatic rings. The van der Waals surface area contributed by atoms with E-state index in [1.165, 1.54) is 6.07 Å². The van der Waals surface area contributed by atoms with Gasteiger partial charge in [-0.15, -0.1) is 0 Å². The largest absolute Gasteiger partial charge is 0.417 e. The van der Waals surface area contributed by atoms with Gasteiger partial charge in [-0.2, -0.15) is 13.2 Å². The molecule has 13 rings (SSSR count). The van der Waals surface area contributed by atoms with Gasteiger partial charge in [-0.05, 0) is 114 Å². The predicted octanol–water partition coefficient (Wildman–Crippen LogP) is 17.7. The fraction of sp³-hybridized carbons (Fsp3) is 0.0455. The van der Waals surface area contributed by atoms with Crippen LogP contribution in [0.1, 0.15) is 16.7 Å². The summed E-state index contributed by atoms with van der Waals surface area (Å²) in [6.07, 6.45) is -4.73. The van der Waals surface area contributed by atoms with Gasteiger partial charge in [0.05, 0.1) is 33.3 Å². The lowest BCUT2D eigenvalue weighted by molar-refractivity contribution is -0.137. The van der Waals surface area contributed by atoms with E-state index in [0.29, 0.717) is 40.0 Å². The van der Waals surface area contributed by atoms with Crippen LogP contribution in [0.15, 0.2) is 231 Å². The molecule has 8 heteroatoms. The molecule has 13 aromatic rings. The second-order valence-corrected chi connectivity index (χ2v) is 18.9. The smallest absolute Gasteiger partial charge is 0.309 e. The van der Waals surface area contributed by atoms with Crippen LogP contribution in [0.5, 0.6) is 0 Å². The molecule has 3 aromatic heterocycles. The molecule has 0 saturated heterocycles. The minimum Gasteiger partial charge on any atom is -0.309 e. The van der Waals surface area contributed by atoms with Gasteiger partial charge in [-0.25, -0.2) is 15.0 Å². The average Bonchev–Trinajstić information content (AvgIpc) is 3.96. The van der Waals surface area contributed by atoms with Crippen molar-refractivity contribution in [3.63, 3.8) is 0 Å². The quantitative estimate of drug-likeness (QED) is 0.152. The molecule has 5 nitrogen and oxygen atoms in total. The van der Waals surface area contributed by atoms with Crippen molar-refractivity contribution in [2.45, 2.75) is 20.0 Å². The first kappa shape index (κ1) is 44.5. The Morgan fingerprint density at radius 3 is 1.31 bits per heavy atom. The van der Waals surface area contributed by atoms with Gasteiger partial charge in [0.15, 0.2) is 17.5 Å². The molecule has 0 N–H and O–H groups in total. The third kappa shape index (κ3) is 7.79. The van der Waals surface area contributed by atoms with E-state index >= 15 is 13.2 Å². The first-order valence-electron chi connectivity index (χ1n) is 24.6. The number of nitrogens with zero attached hydrogens (tertiary/aromatic N) is 5. The number of hydrogen-bond acceptors (Lipinski definition) is 3. The third-order valence-electron chi connectivity index (χ3n) is 14.1. The van der Waals surface area contributed by atoms with Crippen molar-refractivity contribution in [1.29, 1.82) is 0 Å².